The number of nitrogens with zero attached hydrogens (tertiary/aromatic N) is 3. The number of fused-ring (bicyclic) bond motifs is 1. The Hall–Kier alpha value is -1.77. The second-order valence-corrected chi connectivity index (χ2v) is 7.22. The van der Waals surface area contributed by atoms with Crippen LogP contribution in [0.5, 0.6) is 0 Å². The molecular weight excluding hydrogens is 328 g/mol. The number of hydrogen-bond donors (Lipinski definition) is 1. The predicted molar refractivity (Wildman–Crippen MR) is 93.3 cm³/mol. The van der Waals surface area contributed by atoms with E-state index in [1.54, 1.807) is 13.2 Å². The highest BCUT2D eigenvalue weighted by Crippen LogP contribution is 2.16. The maximum Gasteiger partial charge on any atom is 0.271 e. The van der Waals surface area contributed by atoms with Crippen LogP contribution in [0.2, 0.25) is 0 Å². The molecule has 0 spiro atoms. The topological polar surface area (TPSA) is 76.5 Å². The van der Waals surface area contributed by atoms with Gasteiger partial charge >= 0.3 is 0 Å². The zero-order chi connectivity index (χ0) is 17.3. The third kappa shape index (κ3) is 3.35. The Labute approximate surface area is 144 Å². The fourth-order valence-electron chi connectivity index (χ4n) is 3.00. The first-order chi connectivity index (χ1) is 11.5. The van der Waals surface area contributed by atoms with E-state index in [0.29, 0.717) is 16.3 Å². The number of amides is 1. The Kier molecular flexibility index (Phi) is 4.98. The molecule has 1 aliphatic heterocycles. The van der Waals surface area contributed by atoms with Crippen LogP contribution in [0, 0.1) is 0 Å². The molecule has 0 unspecified atom stereocenters. The van der Waals surface area contributed by atoms with Crippen LogP contribution in [0.1, 0.15) is 13.8 Å². The van der Waals surface area contributed by atoms with Crippen molar-refractivity contribution in [3.8, 4) is 0 Å². The summed E-state index contributed by atoms with van der Waals surface area (Å²) < 4.78 is 7.42. The molecule has 0 bridgehead atoms. The van der Waals surface area contributed by atoms with Crippen LogP contribution in [0.4, 0.5) is 0 Å². The molecule has 0 aromatic carbocycles. The first kappa shape index (κ1) is 17.1. The van der Waals surface area contributed by atoms with Gasteiger partial charge in [0.05, 0.1) is 24.0 Å². The number of carbonyl (C=O) groups excluding carboxylic acids is 1. The molecule has 1 fully saturated rings. The lowest BCUT2D eigenvalue weighted by molar-refractivity contribution is -0.123. The standard InChI is InChI=1S/C16H22N4O3S/c1-10(2)19-6-12(13(7-19)23-3)18-14(21)8-20-9-17-11-4-5-24-15(11)16(20)22/h4-5,9-10,12-13H,6-8H2,1-3H3,(H,18,21)/t12-,13-/m0/s1. The van der Waals surface area contributed by atoms with Crippen LogP contribution in [-0.4, -0.2) is 58.7 Å². The predicted octanol–water partition coefficient (Wildman–Crippen LogP) is 0.682. The normalized spacial score (nSPS) is 21.7. The van der Waals surface area contributed by atoms with Gasteiger partial charge < -0.3 is 10.1 Å². The van der Waals surface area contributed by atoms with E-state index in [4.69, 9.17) is 4.74 Å². The summed E-state index contributed by atoms with van der Waals surface area (Å²) in [6.45, 7) is 5.76. The number of hydrogen-bond acceptors (Lipinski definition) is 6. The number of thiophene rings is 1. The molecule has 8 heteroatoms. The van der Waals surface area contributed by atoms with Gasteiger partial charge in [-0.15, -0.1) is 11.3 Å². The van der Waals surface area contributed by atoms with Crippen LogP contribution in [0.25, 0.3) is 10.2 Å². The van der Waals surface area contributed by atoms with Gasteiger partial charge in [-0.3, -0.25) is 19.1 Å². The molecule has 2 aromatic rings. The Balaban J connectivity index is 1.68. The molecule has 0 saturated carbocycles. The van der Waals surface area contributed by atoms with Crippen molar-refractivity contribution in [2.75, 3.05) is 20.2 Å². The molecule has 130 valence electrons. The van der Waals surface area contributed by atoms with Crippen molar-refractivity contribution < 1.29 is 9.53 Å². The average molecular weight is 350 g/mol. The third-order valence-electron chi connectivity index (χ3n) is 4.42. The maximum atomic E-state index is 12.4. The van der Waals surface area contributed by atoms with Gasteiger partial charge in [0.25, 0.3) is 5.56 Å². The summed E-state index contributed by atoms with van der Waals surface area (Å²) >= 11 is 1.34. The van der Waals surface area contributed by atoms with Gasteiger partial charge in [-0.1, -0.05) is 0 Å². The van der Waals surface area contributed by atoms with Crippen molar-refractivity contribution in [2.24, 2.45) is 0 Å². The molecule has 1 N–H and O–H groups in total. The third-order valence-corrected chi connectivity index (χ3v) is 5.32. The number of methoxy groups -OCH3 is 1. The summed E-state index contributed by atoms with van der Waals surface area (Å²) in [5, 5.41) is 4.82. The summed E-state index contributed by atoms with van der Waals surface area (Å²) in [6, 6.07) is 2.13. The molecular formula is C16H22N4O3S. The Morgan fingerprint density at radius 1 is 1.50 bits per heavy atom. The minimum atomic E-state index is -0.201. The lowest BCUT2D eigenvalue weighted by atomic mass is 10.2. The number of carbonyl (C=O) groups is 1. The number of ether oxygens (including phenoxy) is 1. The van der Waals surface area contributed by atoms with Crippen molar-refractivity contribution in [1.82, 2.24) is 19.8 Å². The quantitative estimate of drug-likeness (QED) is 0.858. The minimum absolute atomic E-state index is 0.0334. The Bertz CT molecular complexity index is 785. The lowest BCUT2D eigenvalue weighted by Gasteiger charge is -2.20. The number of aromatic nitrogens is 2. The van der Waals surface area contributed by atoms with Crippen molar-refractivity contribution in [3.63, 3.8) is 0 Å². The summed E-state index contributed by atoms with van der Waals surface area (Å²) in [6.07, 6.45) is 1.39. The highest BCUT2D eigenvalue weighted by Gasteiger charge is 2.34. The summed E-state index contributed by atoms with van der Waals surface area (Å²) in [4.78, 5) is 31.2. The van der Waals surface area contributed by atoms with Crippen LogP contribution in [0.3, 0.4) is 0 Å². The van der Waals surface area contributed by atoms with E-state index >= 15 is 0 Å². The lowest BCUT2D eigenvalue weighted by Crippen LogP contribution is -2.45. The summed E-state index contributed by atoms with van der Waals surface area (Å²) in [5.74, 6) is -0.201. The second kappa shape index (κ2) is 7.00. The average Bonchev–Trinajstić information content (AvgIpc) is 3.17. The molecule has 7 nitrogen and oxygen atoms in total. The van der Waals surface area contributed by atoms with Gasteiger partial charge in [-0.25, -0.2) is 4.98 Å². The van der Waals surface area contributed by atoms with Crippen molar-refractivity contribution in [1.29, 1.82) is 0 Å². The highest BCUT2D eigenvalue weighted by atomic mass is 32.1. The van der Waals surface area contributed by atoms with Crippen LogP contribution in [0.15, 0.2) is 22.6 Å². The fourth-order valence-corrected chi connectivity index (χ4v) is 3.79. The Morgan fingerprint density at radius 2 is 2.29 bits per heavy atom. The van der Waals surface area contributed by atoms with Gasteiger partial charge in [0.1, 0.15) is 11.2 Å². The molecule has 2 atom stereocenters. The van der Waals surface area contributed by atoms with E-state index in [0.717, 1.165) is 13.1 Å². The Morgan fingerprint density at radius 3 is 3.00 bits per heavy atom. The SMILES string of the molecule is CO[C@H]1CN(C(C)C)C[C@@H]1NC(=O)Cn1cnc2ccsc2c1=O. The molecule has 3 rings (SSSR count). The molecule has 1 saturated heterocycles. The largest absolute Gasteiger partial charge is 0.378 e. The van der Waals surface area contributed by atoms with Crippen molar-refractivity contribution >= 4 is 27.5 Å². The number of nitrogens with one attached hydrogen (secondary N) is 1. The van der Waals surface area contributed by atoms with Gasteiger partial charge in [0, 0.05) is 26.2 Å². The van der Waals surface area contributed by atoms with Crippen LogP contribution < -0.4 is 10.9 Å². The first-order valence-electron chi connectivity index (χ1n) is 7.98. The second-order valence-electron chi connectivity index (χ2n) is 6.31. The monoisotopic (exact) mass is 350 g/mol. The van der Waals surface area contributed by atoms with Crippen LogP contribution >= 0.6 is 11.3 Å². The van der Waals surface area contributed by atoms with E-state index in [1.807, 2.05) is 5.38 Å². The van der Waals surface area contributed by atoms with E-state index in [1.165, 1.54) is 22.2 Å². The molecule has 1 amide bonds. The molecule has 2 aromatic heterocycles. The van der Waals surface area contributed by atoms with Gasteiger partial charge in [0.15, 0.2) is 0 Å². The molecule has 0 aliphatic carbocycles. The zero-order valence-electron chi connectivity index (χ0n) is 14.1. The first-order valence-corrected chi connectivity index (χ1v) is 8.86. The molecule has 3 heterocycles. The zero-order valence-corrected chi connectivity index (χ0v) is 14.9. The van der Waals surface area contributed by atoms with Gasteiger partial charge in [0.2, 0.25) is 5.91 Å². The van der Waals surface area contributed by atoms with Gasteiger partial charge in [-0.2, -0.15) is 0 Å². The molecule has 0 radical (unpaired) electrons. The fraction of sp³-hybridized carbons (Fsp3) is 0.562. The van der Waals surface area contributed by atoms with E-state index in [2.05, 4.69) is 29.0 Å². The number of rotatable bonds is 5. The highest BCUT2D eigenvalue weighted by molar-refractivity contribution is 7.17. The smallest absolute Gasteiger partial charge is 0.271 e. The van der Waals surface area contributed by atoms with Crippen molar-refractivity contribution in [3.05, 3.63) is 28.1 Å². The van der Waals surface area contributed by atoms with Crippen LogP contribution in [-0.2, 0) is 16.1 Å². The van der Waals surface area contributed by atoms with E-state index < -0.39 is 0 Å². The number of likely N-dealkylation sites (tertiary alicyclic amines) is 1. The van der Waals surface area contributed by atoms with E-state index in [-0.39, 0.29) is 30.2 Å². The van der Waals surface area contributed by atoms with Gasteiger partial charge in [-0.05, 0) is 25.3 Å². The van der Waals surface area contributed by atoms with E-state index in [9.17, 15) is 9.59 Å². The maximum absolute atomic E-state index is 12.4. The van der Waals surface area contributed by atoms with Crippen molar-refractivity contribution in [2.45, 2.75) is 38.6 Å². The minimum Gasteiger partial charge on any atom is -0.378 e. The summed E-state index contributed by atoms with van der Waals surface area (Å²) in [5.41, 5.74) is 0.494. The molecule has 24 heavy (non-hydrogen) atoms. The summed E-state index contributed by atoms with van der Waals surface area (Å²) in [7, 11) is 1.66. The molecule has 1 aliphatic rings.